The van der Waals surface area contributed by atoms with Crippen molar-refractivity contribution in [2.75, 3.05) is 5.32 Å². The molecule has 2 rings (SSSR count). The number of fused-ring (bicyclic) bond motifs is 1. The van der Waals surface area contributed by atoms with Crippen LogP contribution in [0.5, 0.6) is 0 Å². The molecule has 0 radical (unpaired) electrons. The van der Waals surface area contributed by atoms with Gasteiger partial charge in [0, 0.05) is 11.6 Å². The summed E-state index contributed by atoms with van der Waals surface area (Å²) >= 11 is 0. The smallest absolute Gasteiger partial charge is 0.315 e. The highest BCUT2D eigenvalue weighted by Gasteiger charge is 2.03. The van der Waals surface area contributed by atoms with Crippen molar-refractivity contribution < 1.29 is 4.79 Å². The van der Waals surface area contributed by atoms with E-state index in [-0.39, 0.29) is 6.03 Å². The van der Waals surface area contributed by atoms with Gasteiger partial charge >= 0.3 is 6.03 Å². The Hall–Kier alpha value is -2.29. The van der Waals surface area contributed by atoms with Crippen LogP contribution in [0.25, 0.3) is 10.8 Å². The number of benzene rings is 2. The molecule has 0 aliphatic rings. The summed E-state index contributed by atoms with van der Waals surface area (Å²) in [5.74, 6) is 0.415. The Labute approximate surface area is 113 Å². The molecule has 0 aromatic heterocycles. The number of carbonyl (C=O) groups is 1. The van der Waals surface area contributed by atoms with Gasteiger partial charge in [-0.3, -0.25) is 0 Å². The summed E-state index contributed by atoms with van der Waals surface area (Å²) in [6, 6.07) is 13.6. The summed E-state index contributed by atoms with van der Waals surface area (Å²) in [5, 5.41) is 7.70. The van der Waals surface area contributed by atoms with Crippen molar-refractivity contribution in [1.82, 2.24) is 5.32 Å². The van der Waals surface area contributed by atoms with Gasteiger partial charge in [0.2, 0.25) is 0 Å². The number of urea groups is 1. The number of allylic oxidation sites excluding steroid dienone is 1. The van der Waals surface area contributed by atoms with Crippen molar-refractivity contribution in [3.8, 4) is 0 Å². The fourth-order valence-electron chi connectivity index (χ4n) is 1.81. The van der Waals surface area contributed by atoms with Crippen molar-refractivity contribution in [1.29, 1.82) is 0 Å². The number of rotatable bonds is 3. The first-order valence-electron chi connectivity index (χ1n) is 6.39. The topological polar surface area (TPSA) is 41.1 Å². The third-order valence-electron chi connectivity index (χ3n) is 2.73. The third kappa shape index (κ3) is 3.58. The fraction of sp³-hybridized carbons (Fsp3) is 0.188. The average Bonchev–Trinajstić information content (AvgIpc) is 2.39. The summed E-state index contributed by atoms with van der Waals surface area (Å²) in [7, 11) is 0. The molecule has 3 nitrogen and oxygen atoms in total. The SMILES string of the molecule is CC(C)/C=C/NC(=O)Nc1cccc2ccccc12. The zero-order valence-corrected chi connectivity index (χ0v) is 11.2. The predicted molar refractivity (Wildman–Crippen MR) is 80.1 cm³/mol. The Bertz CT molecular complexity index is 597. The lowest BCUT2D eigenvalue weighted by Crippen LogP contribution is -2.24. The molecule has 98 valence electrons. The molecule has 0 spiro atoms. The largest absolute Gasteiger partial charge is 0.323 e. The predicted octanol–water partition coefficient (Wildman–Crippen LogP) is 4.13. The van der Waals surface area contributed by atoms with E-state index in [1.54, 1.807) is 6.20 Å². The van der Waals surface area contributed by atoms with Crippen LogP contribution in [0.3, 0.4) is 0 Å². The van der Waals surface area contributed by atoms with Crippen LogP contribution in [0, 0.1) is 5.92 Å². The van der Waals surface area contributed by atoms with Gasteiger partial charge in [-0.2, -0.15) is 0 Å². The van der Waals surface area contributed by atoms with E-state index in [9.17, 15) is 4.79 Å². The molecule has 0 fully saturated rings. The molecule has 0 atom stereocenters. The molecule has 2 amide bonds. The highest BCUT2D eigenvalue weighted by atomic mass is 16.2. The second-order valence-corrected chi connectivity index (χ2v) is 4.73. The van der Waals surface area contributed by atoms with Crippen molar-refractivity contribution in [3.05, 3.63) is 54.7 Å². The molecule has 0 saturated carbocycles. The molecule has 0 aliphatic carbocycles. The lowest BCUT2D eigenvalue weighted by molar-refractivity contribution is 0.255. The molecule has 0 heterocycles. The molecule has 0 unspecified atom stereocenters. The highest BCUT2D eigenvalue weighted by Crippen LogP contribution is 2.22. The standard InChI is InChI=1S/C16H18N2O/c1-12(2)10-11-17-16(19)18-15-9-5-7-13-6-3-4-8-14(13)15/h3-12H,1-2H3,(H2,17,18,19)/b11-10+. The fourth-order valence-corrected chi connectivity index (χ4v) is 1.81. The molecule has 0 saturated heterocycles. The third-order valence-corrected chi connectivity index (χ3v) is 2.73. The maximum atomic E-state index is 11.8. The molecular weight excluding hydrogens is 236 g/mol. The Morgan fingerprint density at radius 3 is 2.63 bits per heavy atom. The van der Waals surface area contributed by atoms with E-state index in [0.717, 1.165) is 16.5 Å². The van der Waals surface area contributed by atoms with Crippen LogP contribution in [0.15, 0.2) is 54.7 Å². The van der Waals surface area contributed by atoms with Crippen LogP contribution in [0.2, 0.25) is 0 Å². The van der Waals surface area contributed by atoms with E-state index in [1.807, 2.05) is 48.5 Å². The highest BCUT2D eigenvalue weighted by molar-refractivity contribution is 6.01. The van der Waals surface area contributed by atoms with Gasteiger partial charge in [0.25, 0.3) is 0 Å². The Balaban J connectivity index is 2.11. The van der Waals surface area contributed by atoms with Gasteiger partial charge in [0.1, 0.15) is 0 Å². The molecular formula is C16H18N2O. The van der Waals surface area contributed by atoms with E-state index >= 15 is 0 Å². The van der Waals surface area contributed by atoms with Gasteiger partial charge in [-0.15, -0.1) is 0 Å². The van der Waals surface area contributed by atoms with Crippen LogP contribution >= 0.6 is 0 Å². The second kappa shape index (κ2) is 6.05. The summed E-state index contributed by atoms with van der Waals surface area (Å²) in [6.45, 7) is 4.11. The monoisotopic (exact) mass is 254 g/mol. The van der Waals surface area contributed by atoms with Crippen LogP contribution in [0.1, 0.15) is 13.8 Å². The lowest BCUT2D eigenvalue weighted by atomic mass is 10.1. The van der Waals surface area contributed by atoms with Crippen molar-refractivity contribution in [3.63, 3.8) is 0 Å². The Morgan fingerprint density at radius 1 is 1.11 bits per heavy atom. The van der Waals surface area contributed by atoms with E-state index < -0.39 is 0 Å². The summed E-state index contributed by atoms with van der Waals surface area (Å²) in [5.41, 5.74) is 0.813. The Kier molecular flexibility index (Phi) is 4.18. The molecule has 0 bridgehead atoms. The molecule has 3 heteroatoms. The van der Waals surface area contributed by atoms with Gasteiger partial charge in [-0.1, -0.05) is 56.3 Å². The van der Waals surface area contributed by atoms with E-state index in [1.165, 1.54) is 0 Å². The summed E-state index contributed by atoms with van der Waals surface area (Å²) in [4.78, 5) is 11.8. The van der Waals surface area contributed by atoms with Gasteiger partial charge in [-0.25, -0.2) is 4.79 Å². The molecule has 2 N–H and O–H groups in total. The van der Waals surface area contributed by atoms with Crippen molar-refractivity contribution in [2.24, 2.45) is 5.92 Å². The average molecular weight is 254 g/mol. The second-order valence-electron chi connectivity index (χ2n) is 4.73. The molecule has 2 aromatic rings. The normalized spacial score (nSPS) is 11.1. The molecule has 0 aliphatic heterocycles. The van der Waals surface area contributed by atoms with Crippen LogP contribution < -0.4 is 10.6 Å². The van der Waals surface area contributed by atoms with E-state index in [0.29, 0.717) is 5.92 Å². The quantitative estimate of drug-likeness (QED) is 0.849. The maximum Gasteiger partial charge on any atom is 0.323 e. The summed E-state index contributed by atoms with van der Waals surface area (Å²) in [6.07, 6.45) is 3.60. The number of hydrogen-bond acceptors (Lipinski definition) is 1. The molecule has 2 aromatic carbocycles. The van der Waals surface area contributed by atoms with Gasteiger partial charge in [-0.05, 0) is 17.4 Å². The summed E-state index contributed by atoms with van der Waals surface area (Å²) < 4.78 is 0. The van der Waals surface area contributed by atoms with Crippen LogP contribution in [-0.2, 0) is 0 Å². The number of amides is 2. The van der Waals surface area contributed by atoms with E-state index in [2.05, 4.69) is 24.5 Å². The van der Waals surface area contributed by atoms with E-state index in [4.69, 9.17) is 0 Å². The Morgan fingerprint density at radius 2 is 1.84 bits per heavy atom. The van der Waals surface area contributed by atoms with Gasteiger partial charge in [0.05, 0.1) is 5.69 Å². The minimum atomic E-state index is -0.228. The van der Waals surface area contributed by atoms with Crippen LogP contribution in [-0.4, -0.2) is 6.03 Å². The molecule has 19 heavy (non-hydrogen) atoms. The first-order chi connectivity index (χ1) is 9.16. The minimum Gasteiger partial charge on any atom is -0.315 e. The maximum absolute atomic E-state index is 11.8. The van der Waals surface area contributed by atoms with Crippen LogP contribution in [0.4, 0.5) is 10.5 Å². The lowest BCUT2D eigenvalue weighted by Gasteiger charge is -2.08. The number of anilines is 1. The van der Waals surface area contributed by atoms with Gasteiger partial charge < -0.3 is 10.6 Å². The zero-order valence-electron chi connectivity index (χ0n) is 11.2. The first-order valence-corrected chi connectivity index (χ1v) is 6.39. The van der Waals surface area contributed by atoms with Crippen molar-refractivity contribution in [2.45, 2.75) is 13.8 Å². The number of carbonyl (C=O) groups excluding carboxylic acids is 1. The first kappa shape index (κ1) is 13.1. The van der Waals surface area contributed by atoms with Crippen molar-refractivity contribution >= 4 is 22.5 Å². The van der Waals surface area contributed by atoms with Gasteiger partial charge in [0.15, 0.2) is 0 Å². The number of hydrogen-bond donors (Lipinski definition) is 2. The minimum absolute atomic E-state index is 0.228. The zero-order chi connectivity index (χ0) is 13.7. The number of nitrogens with one attached hydrogen (secondary N) is 2.